The maximum absolute atomic E-state index is 8.78. The first-order valence-electron chi connectivity index (χ1n) is 6.49. The molecule has 2 heteroatoms. The maximum atomic E-state index is 8.78. The van der Waals surface area contributed by atoms with E-state index in [1.807, 2.05) is 0 Å². The highest BCUT2D eigenvalue weighted by atomic mass is 16.3. The Labute approximate surface area is 94.5 Å². The Kier molecular flexibility index (Phi) is 5.62. The molecule has 0 saturated heterocycles. The topological polar surface area (TPSA) is 32.3 Å². The Bertz CT molecular complexity index is 170. The van der Waals surface area contributed by atoms with Crippen LogP contribution in [0, 0.1) is 17.8 Å². The van der Waals surface area contributed by atoms with E-state index in [2.05, 4.69) is 26.1 Å². The summed E-state index contributed by atoms with van der Waals surface area (Å²) in [5.74, 6) is 2.48. The first kappa shape index (κ1) is 13.0. The highest BCUT2D eigenvalue weighted by Crippen LogP contribution is 2.33. The van der Waals surface area contributed by atoms with Gasteiger partial charge in [0.15, 0.2) is 0 Å². The number of rotatable bonds is 5. The number of aliphatic hydroxyl groups is 1. The molecule has 0 aromatic carbocycles. The van der Waals surface area contributed by atoms with E-state index >= 15 is 0 Å². The van der Waals surface area contributed by atoms with Crippen LogP contribution in [0.15, 0.2) is 0 Å². The number of aliphatic hydroxyl groups excluding tert-OH is 1. The summed E-state index contributed by atoms with van der Waals surface area (Å²) < 4.78 is 0. The van der Waals surface area contributed by atoms with E-state index in [1.54, 1.807) is 0 Å². The summed E-state index contributed by atoms with van der Waals surface area (Å²) in [6, 6.07) is 0.681. The molecule has 2 N–H and O–H groups in total. The monoisotopic (exact) mass is 213 g/mol. The molecule has 15 heavy (non-hydrogen) atoms. The lowest BCUT2D eigenvalue weighted by Crippen LogP contribution is -2.43. The van der Waals surface area contributed by atoms with Crippen LogP contribution in [0.3, 0.4) is 0 Å². The van der Waals surface area contributed by atoms with Gasteiger partial charge in [-0.05, 0) is 43.6 Å². The van der Waals surface area contributed by atoms with Crippen LogP contribution in [0.5, 0.6) is 0 Å². The molecule has 1 fully saturated rings. The van der Waals surface area contributed by atoms with Gasteiger partial charge >= 0.3 is 0 Å². The molecule has 0 radical (unpaired) electrons. The summed E-state index contributed by atoms with van der Waals surface area (Å²) in [4.78, 5) is 0. The van der Waals surface area contributed by atoms with Crippen LogP contribution in [0.4, 0.5) is 0 Å². The Morgan fingerprint density at radius 2 is 2.07 bits per heavy atom. The molecule has 0 amide bonds. The van der Waals surface area contributed by atoms with Crippen molar-refractivity contribution < 1.29 is 5.11 Å². The zero-order chi connectivity index (χ0) is 11.3. The molecule has 0 aromatic rings. The van der Waals surface area contributed by atoms with Crippen LogP contribution in [0.2, 0.25) is 0 Å². The molecule has 2 nitrogen and oxygen atoms in total. The normalized spacial score (nSPS) is 32.2. The van der Waals surface area contributed by atoms with Gasteiger partial charge in [0.2, 0.25) is 0 Å². The van der Waals surface area contributed by atoms with E-state index in [0.29, 0.717) is 12.6 Å². The van der Waals surface area contributed by atoms with Crippen molar-refractivity contribution in [2.75, 3.05) is 13.2 Å². The van der Waals surface area contributed by atoms with Crippen molar-refractivity contribution in [3.05, 3.63) is 0 Å². The van der Waals surface area contributed by atoms with E-state index in [-0.39, 0.29) is 0 Å². The number of hydrogen-bond donors (Lipinski definition) is 2. The molecule has 0 aliphatic heterocycles. The summed E-state index contributed by atoms with van der Waals surface area (Å²) >= 11 is 0. The second-order valence-corrected chi connectivity index (χ2v) is 5.46. The molecule has 1 saturated carbocycles. The molecule has 3 unspecified atom stereocenters. The van der Waals surface area contributed by atoms with Crippen LogP contribution >= 0.6 is 0 Å². The lowest BCUT2D eigenvalue weighted by molar-refractivity contribution is 0.167. The number of nitrogens with one attached hydrogen (secondary N) is 1. The first-order valence-corrected chi connectivity index (χ1v) is 6.49. The van der Waals surface area contributed by atoms with Crippen molar-refractivity contribution in [1.29, 1.82) is 0 Å². The summed E-state index contributed by atoms with van der Waals surface area (Å²) in [6.45, 7) is 8.30. The minimum atomic E-state index is 0.307. The molecule has 90 valence electrons. The Balaban J connectivity index is 2.39. The van der Waals surface area contributed by atoms with Gasteiger partial charge in [0, 0.05) is 12.6 Å². The van der Waals surface area contributed by atoms with E-state index in [1.165, 1.54) is 19.3 Å². The van der Waals surface area contributed by atoms with Crippen molar-refractivity contribution in [1.82, 2.24) is 5.32 Å². The fraction of sp³-hybridized carbons (Fsp3) is 1.00. The van der Waals surface area contributed by atoms with Crippen molar-refractivity contribution in [2.45, 2.75) is 52.5 Å². The average Bonchev–Trinajstić information content (AvgIpc) is 2.18. The van der Waals surface area contributed by atoms with E-state index < -0.39 is 0 Å². The third-order valence-corrected chi connectivity index (χ3v) is 3.76. The van der Waals surface area contributed by atoms with Gasteiger partial charge in [-0.25, -0.2) is 0 Å². The summed E-state index contributed by atoms with van der Waals surface area (Å²) in [5.41, 5.74) is 0. The quantitative estimate of drug-likeness (QED) is 0.687. The third-order valence-electron chi connectivity index (χ3n) is 3.76. The standard InChI is InChI=1S/C13H27NO/c1-10(2)12-6-5-11(3)9-13(12)14-7-4-8-15/h10-15H,4-9H2,1-3H3. The Morgan fingerprint density at radius 1 is 1.33 bits per heavy atom. The maximum Gasteiger partial charge on any atom is 0.0443 e. The predicted octanol–water partition coefficient (Wildman–Crippen LogP) is 2.42. The Morgan fingerprint density at radius 3 is 2.67 bits per heavy atom. The summed E-state index contributed by atoms with van der Waals surface area (Å²) in [6.07, 6.45) is 4.96. The SMILES string of the molecule is CC1CCC(C(C)C)C(NCCCO)C1. The van der Waals surface area contributed by atoms with E-state index in [0.717, 1.165) is 30.7 Å². The van der Waals surface area contributed by atoms with E-state index in [9.17, 15) is 0 Å². The lowest BCUT2D eigenvalue weighted by Gasteiger charge is -2.38. The second-order valence-electron chi connectivity index (χ2n) is 5.46. The molecule has 1 rings (SSSR count). The molecule has 0 aromatic heterocycles. The third kappa shape index (κ3) is 4.12. The van der Waals surface area contributed by atoms with Crippen molar-refractivity contribution in [3.63, 3.8) is 0 Å². The van der Waals surface area contributed by atoms with Gasteiger partial charge in [-0.3, -0.25) is 0 Å². The van der Waals surface area contributed by atoms with Crippen molar-refractivity contribution in [2.24, 2.45) is 17.8 Å². The predicted molar refractivity (Wildman–Crippen MR) is 64.8 cm³/mol. The highest BCUT2D eigenvalue weighted by Gasteiger charge is 2.29. The Hall–Kier alpha value is -0.0800. The molecule has 0 heterocycles. The van der Waals surface area contributed by atoms with Crippen LogP contribution in [0.1, 0.15) is 46.5 Å². The molecule has 1 aliphatic rings. The van der Waals surface area contributed by atoms with E-state index in [4.69, 9.17) is 5.11 Å². The van der Waals surface area contributed by atoms with Gasteiger partial charge in [0.05, 0.1) is 0 Å². The minimum absolute atomic E-state index is 0.307. The van der Waals surface area contributed by atoms with Crippen LogP contribution in [-0.2, 0) is 0 Å². The lowest BCUT2D eigenvalue weighted by atomic mass is 9.74. The van der Waals surface area contributed by atoms with Crippen LogP contribution < -0.4 is 5.32 Å². The molecule has 0 spiro atoms. The van der Waals surface area contributed by atoms with Gasteiger partial charge in [-0.2, -0.15) is 0 Å². The summed E-state index contributed by atoms with van der Waals surface area (Å²) in [7, 11) is 0. The summed E-state index contributed by atoms with van der Waals surface area (Å²) in [5, 5.41) is 12.4. The van der Waals surface area contributed by atoms with Gasteiger partial charge < -0.3 is 10.4 Å². The smallest absolute Gasteiger partial charge is 0.0443 e. The second kappa shape index (κ2) is 6.49. The van der Waals surface area contributed by atoms with Crippen molar-refractivity contribution >= 4 is 0 Å². The number of hydrogen-bond acceptors (Lipinski definition) is 2. The fourth-order valence-corrected chi connectivity index (χ4v) is 2.80. The van der Waals surface area contributed by atoms with Gasteiger partial charge in [0.1, 0.15) is 0 Å². The van der Waals surface area contributed by atoms with Gasteiger partial charge in [0.25, 0.3) is 0 Å². The average molecular weight is 213 g/mol. The van der Waals surface area contributed by atoms with Gasteiger partial charge in [-0.1, -0.05) is 27.2 Å². The zero-order valence-corrected chi connectivity index (χ0v) is 10.5. The zero-order valence-electron chi connectivity index (χ0n) is 10.5. The first-order chi connectivity index (χ1) is 7.15. The molecular weight excluding hydrogens is 186 g/mol. The molecule has 0 bridgehead atoms. The highest BCUT2D eigenvalue weighted by molar-refractivity contribution is 4.85. The van der Waals surface area contributed by atoms with Crippen LogP contribution in [0.25, 0.3) is 0 Å². The molecule has 3 atom stereocenters. The molecule has 1 aliphatic carbocycles. The fourth-order valence-electron chi connectivity index (χ4n) is 2.80. The largest absolute Gasteiger partial charge is 0.396 e. The molecular formula is C13H27NO. The van der Waals surface area contributed by atoms with Gasteiger partial charge in [-0.15, -0.1) is 0 Å². The minimum Gasteiger partial charge on any atom is -0.396 e. The van der Waals surface area contributed by atoms with Crippen molar-refractivity contribution in [3.8, 4) is 0 Å². The van der Waals surface area contributed by atoms with Crippen LogP contribution in [-0.4, -0.2) is 24.3 Å².